The molecule has 2 aliphatic rings. The maximum absolute atomic E-state index is 13.5. The lowest BCUT2D eigenvalue weighted by Gasteiger charge is -2.27. The van der Waals surface area contributed by atoms with Crippen LogP contribution in [0.1, 0.15) is 172 Å². The zero-order valence-corrected chi connectivity index (χ0v) is 26.7. The first-order chi connectivity index (χ1) is 20.4. The van der Waals surface area contributed by atoms with Crippen LogP contribution in [0.25, 0.3) is 0 Å². The fraction of sp³-hybridized carbons (Fsp3) is 0.632. The van der Waals surface area contributed by atoms with E-state index in [1.54, 1.807) is 0 Å². The number of ether oxygens (including phenoxy) is 2. The minimum atomic E-state index is -0.553. The largest absolute Gasteiger partial charge is 0.455 e. The van der Waals surface area contributed by atoms with Crippen LogP contribution in [-0.4, -0.2) is 24.1 Å². The second-order valence-electron chi connectivity index (χ2n) is 12.9. The predicted molar refractivity (Wildman–Crippen MR) is 172 cm³/mol. The monoisotopic (exact) mass is 574 g/mol. The van der Waals surface area contributed by atoms with E-state index in [0.29, 0.717) is 23.0 Å². The smallest absolute Gasteiger partial charge is 0.338 e. The molecule has 0 radical (unpaired) electrons. The van der Waals surface area contributed by atoms with Crippen LogP contribution in [0.2, 0.25) is 0 Å². The van der Waals surface area contributed by atoms with Crippen LogP contribution >= 0.6 is 0 Å². The van der Waals surface area contributed by atoms with Gasteiger partial charge in [-0.25, -0.2) is 9.59 Å². The number of carbonyl (C=O) groups excluding carboxylic acids is 2. The summed E-state index contributed by atoms with van der Waals surface area (Å²) < 4.78 is 12.0. The Balaban J connectivity index is 1.46. The maximum Gasteiger partial charge on any atom is 0.338 e. The normalized spacial score (nSPS) is 17.9. The highest BCUT2D eigenvalue weighted by Gasteiger charge is 2.28. The molecule has 0 bridgehead atoms. The van der Waals surface area contributed by atoms with Gasteiger partial charge < -0.3 is 9.47 Å². The van der Waals surface area contributed by atoms with Crippen LogP contribution in [0.4, 0.5) is 0 Å². The molecule has 0 spiro atoms. The van der Waals surface area contributed by atoms with Gasteiger partial charge in [0, 0.05) is 0 Å². The standard InChI is InChI=1S/C38H54O4/c1-5-7-15-29-21-23-33(35(25-29)31-17-11-9-12-18-31)37(39)41-27(3)28(4)42-38(40)34-24-22-30(16-8-6-2)26-36(34)32-19-13-10-14-20-32/h21-28,31-32H,5-20H2,1-4H3. The molecular formula is C38H54O4. The Hall–Kier alpha value is -2.62. The van der Waals surface area contributed by atoms with Crippen molar-refractivity contribution in [2.24, 2.45) is 0 Å². The number of carbonyl (C=O) groups is 2. The van der Waals surface area contributed by atoms with Crippen LogP contribution < -0.4 is 0 Å². The van der Waals surface area contributed by atoms with Crippen molar-refractivity contribution >= 4 is 11.9 Å². The molecule has 42 heavy (non-hydrogen) atoms. The SMILES string of the molecule is CCCCc1ccc(C(=O)OC(C)C(C)OC(=O)c2ccc(CCCC)cc2C2CCCCC2)c(C2CCCCC2)c1. The van der Waals surface area contributed by atoms with E-state index in [4.69, 9.17) is 9.47 Å². The van der Waals surface area contributed by atoms with Gasteiger partial charge in [0.1, 0.15) is 12.2 Å². The Morgan fingerprint density at radius 1 is 0.643 bits per heavy atom. The van der Waals surface area contributed by atoms with Crippen molar-refractivity contribution in [2.75, 3.05) is 0 Å². The second-order valence-corrected chi connectivity index (χ2v) is 12.9. The van der Waals surface area contributed by atoms with E-state index in [1.807, 2.05) is 26.0 Å². The van der Waals surface area contributed by atoms with Gasteiger partial charge in [0.2, 0.25) is 0 Å². The van der Waals surface area contributed by atoms with Crippen LogP contribution in [0, 0.1) is 0 Å². The van der Waals surface area contributed by atoms with Crippen molar-refractivity contribution in [3.05, 3.63) is 69.8 Å². The summed E-state index contributed by atoms with van der Waals surface area (Å²) in [6, 6.07) is 12.6. The van der Waals surface area contributed by atoms with Gasteiger partial charge in [-0.3, -0.25) is 0 Å². The van der Waals surface area contributed by atoms with E-state index in [1.165, 1.54) is 49.7 Å². The molecule has 2 fully saturated rings. The van der Waals surface area contributed by atoms with E-state index in [0.717, 1.165) is 75.3 Å². The van der Waals surface area contributed by atoms with Gasteiger partial charge in [-0.1, -0.05) is 89.5 Å². The highest BCUT2D eigenvalue weighted by atomic mass is 16.6. The fourth-order valence-corrected chi connectivity index (χ4v) is 6.83. The molecule has 0 N–H and O–H groups in total. The summed E-state index contributed by atoms with van der Waals surface area (Å²) in [5.74, 6) is 0.200. The van der Waals surface area contributed by atoms with Crippen molar-refractivity contribution in [1.82, 2.24) is 0 Å². The summed E-state index contributed by atoms with van der Waals surface area (Å²) in [7, 11) is 0. The molecule has 4 rings (SSSR count). The molecule has 2 aliphatic carbocycles. The number of unbranched alkanes of at least 4 members (excludes halogenated alkanes) is 2. The van der Waals surface area contributed by atoms with Crippen LogP contribution in [0.5, 0.6) is 0 Å². The molecule has 2 aromatic rings. The Morgan fingerprint density at radius 2 is 1.02 bits per heavy atom. The zero-order chi connectivity index (χ0) is 29.9. The molecule has 0 saturated heterocycles. The Kier molecular flexibility index (Phi) is 12.5. The minimum Gasteiger partial charge on any atom is -0.455 e. The zero-order valence-electron chi connectivity index (χ0n) is 26.7. The molecule has 4 heteroatoms. The van der Waals surface area contributed by atoms with Gasteiger partial charge in [-0.15, -0.1) is 0 Å². The van der Waals surface area contributed by atoms with E-state index in [2.05, 4.69) is 38.1 Å². The number of rotatable bonds is 13. The van der Waals surface area contributed by atoms with E-state index in [-0.39, 0.29) is 11.9 Å². The molecule has 2 atom stereocenters. The van der Waals surface area contributed by atoms with Crippen molar-refractivity contribution in [1.29, 1.82) is 0 Å². The molecule has 4 nitrogen and oxygen atoms in total. The van der Waals surface area contributed by atoms with E-state index >= 15 is 0 Å². The first-order valence-corrected chi connectivity index (χ1v) is 17.1. The molecule has 2 unspecified atom stereocenters. The summed E-state index contributed by atoms with van der Waals surface area (Å²) in [6.07, 6.45) is 17.5. The molecule has 0 heterocycles. The third-order valence-corrected chi connectivity index (χ3v) is 9.65. The molecule has 2 saturated carbocycles. The van der Waals surface area contributed by atoms with Gasteiger partial charge in [0.25, 0.3) is 0 Å². The quantitative estimate of drug-likeness (QED) is 0.223. The summed E-state index contributed by atoms with van der Waals surface area (Å²) in [4.78, 5) is 27.1. The average Bonchev–Trinajstić information content (AvgIpc) is 3.03. The highest BCUT2D eigenvalue weighted by Crippen LogP contribution is 2.37. The first kappa shape index (κ1) is 32.3. The lowest BCUT2D eigenvalue weighted by atomic mass is 9.81. The van der Waals surface area contributed by atoms with Gasteiger partial charge in [0.15, 0.2) is 0 Å². The van der Waals surface area contributed by atoms with Crippen molar-refractivity contribution < 1.29 is 19.1 Å². The van der Waals surface area contributed by atoms with Crippen molar-refractivity contribution in [2.45, 2.75) is 154 Å². The lowest BCUT2D eigenvalue weighted by molar-refractivity contribution is -0.0241. The minimum absolute atomic E-state index is 0.309. The summed E-state index contributed by atoms with van der Waals surface area (Å²) in [5.41, 5.74) is 6.25. The topological polar surface area (TPSA) is 52.6 Å². The molecule has 2 aromatic carbocycles. The lowest BCUT2D eigenvalue weighted by Crippen LogP contribution is -2.31. The van der Waals surface area contributed by atoms with Crippen LogP contribution in [0.3, 0.4) is 0 Å². The number of benzene rings is 2. The Morgan fingerprint density at radius 3 is 1.38 bits per heavy atom. The fourth-order valence-electron chi connectivity index (χ4n) is 6.83. The molecular weight excluding hydrogens is 520 g/mol. The van der Waals surface area contributed by atoms with E-state index in [9.17, 15) is 9.59 Å². The average molecular weight is 575 g/mol. The van der Waals surface area contributed by atoms with Crippen LogP contribution in [0.15, 0.2) is 36.4 Å². The van der Waals surface area contributed by atoms with Gasteiger partial charge >= 0.3 is 11.9 Å². The van der Waals surface area contributed by atoms with Gasteiger partial charge in [-0.05, 0) is 111 Å². The van der Waals surface area contributed by atoms with E-state index < -0.39 is 12.2 Å². The summed E-state index contributed by atoms with van der Waals surface area (Å²) in [6.45, 7) is 8.09. The third-order valence-electron chi connectivity index (χ3n) is 9.65. The predicted octanol–water partition coefficient (Wildman–Crippen LogP) is 10.3. The molecule has 0 aromatic heterocycles. The number of hydrogen-bond acceptors (Lipinski definition) is 4. The van der Waals surface area contributed by atoms with Crippen molar-refractivity contribution in [3.8, 4) is 0 Å². The maximum atomic E-state index is 13.5. The van der Waals surface area contributed by atoms with Crippen molar-refractivity contribution in [3.63, 3.8) is 0 Å². The molecule has 230 valence electrons. The highest BCUT2D eigenvalue weighted by molar-refractivity contribution is 5.92. The molecule has 0 amide bonds. The molecule has 0 aliphatic heterocycles. The summed E-state index contributed by atoms with van der Waals surface area (Å²) >= 11 is 0. The first-order valence-electron chi connectivity index (χ1n) is 17.1. The van der Waals surface area contributed by atoms with Crippen LogP contribution in [-0.2, 0) is 22.3 Å². The number of aryl methyl sites for hydroxylation is 2. The Labute approximate surface area is 255 Å². The Bertz CT molecular complexity index is 1060. The van der Waals surface area contributed by atoms with Gasteiger partial charge in [0.05, 0.1) is 11.1 Å². The second kappa shape index (κ2) is 16.3. The number of hydrogen-bond donors (Lipinski definition) is 0. The summed E-state index contributed by atoms with van der Waals surface area (Å²) in [5, 5.41) is 0. The number of esters is 2. The van der Waals surface area contributed by atoms with Gasteiger partial charge in [-0.2, -0.15) is 0 Å². The third kappa shape index (κ3) is 8.71.